The van der Waals surface area contributed by atoms with Crippen molar-refractivity contribution >= 4 is 5.91 Å². The number of nitrogens with two attached hydrogens (primary N) is 1. The smallest absolute Gasteiger partial charge is 0.239 e. The highest BCUT2D eigenvalue weighted by Gasteiger charge is 2.29. The molecule has 0 unspecified atom stereocenters. The molecule has 0 saturated carbocycles. The highest BCUT2D eigenvalue weighted by atomic mass is 16.3. The summed E-state index contributed by atoms with van der Waals surface area (Å²) in [7, 11) is 0. The molecule has 1 aliphatic rings. The third-order valence-electron chi connectivity index (χ3n) is 2.26. The van der Waals surface area contributed by atoms with Crippen LogP contribution in [0.3, 0.4) is 0 Å². The van der Waals surface area contributed by atoms with Crippen LogP contribution in [0.5, 0.6) is 0 Å². The van der Waals surface area contributed by atoms with Crippen LogP contribution in [0.4, 0.5) is 0 Å². The van der Waals surface area contributed by atoms with Crippen LogP contribution in [0, 0.1) is 0 Å². The topological polar surface area (TPSA) is 66.6 Å². The molecule has 2 atom stereocenters. The molecule has 1 rings (SSSR count). The van der Waals surface area contributed by atoms with E-state index in [1.165, 1.54) is 0 Å². The lowest BCUT2D eigenvalue weighted by atomic mass is 10.2. The molecule has 1 heterocycles. The number of nitrogens with zero attached hydrogens (tertiary/aromatic N) is 1. The molecule has 0 radical (unpaired) electrons. The average molecular weight is 172 g/mol. The maximum Gasteiger partial charge on any atom is 0.239 e. The Hall–Kier alpha value is -0.610. The lowest BCUT2D eigenvalue weighted by molar-refractivity contribution is -0.133. The number of hydrogen-bond donors (Lipinski definition) is 2. The predicted octanol–water partition coefficient (Wildman–Crippen LogP) is -0.683. The van der Waals surface area contributed by atoms with Crippen LogP contribution < -0.4 is 5.73 Å². The molecule has 70 valence electrons. The fourth-order valence-corrected chi connectivity index (χ4v) is 1.58. The molecule has 0 aromatic carbocycles. The van der Waals surface area contributed by atoms with E-state index in [2.05, 4.69) is 0 Å². The van der Waals surface area contributed by atoms with Crippen molar-refractivity contribution in [2.75, 3.05) is 13.2 Å². The van der Waals surface area contributed by atoms with Gasteiger partial charge in [-0.1, -0.05) is 0 Å². The summed E-state index contributed by atoms with van der Waals surface area (Å²) in [6.07, 6.45) is 1.87. The maximum absolute atomic E-state index is 11.4. The van der Waals surface area contributed by atoms with E-state index in [0.29, 0.717) is 0 Å². The first-order valence-electron chi connectivity index (χ1n) is 4.33. The lowest BCUT2D eigenvalue weighted by Crippen LogP contribution is -2.45. The van der Waals surface area contributed by atoms with Crippen LogP contribution in [0.2, 0.25) is 0 Å². The Balaban J connectivity index is 2.55. The molecule has 1 aliphatic heterocycles. The van der Waals surface area contributed by atoms with E-state index in [1.807, 2.05) is 0 Å². The Labute approximate surface area is 72.3 Å². The van der Waals surface area contributed by atoms with Gasteiger partial charge in [0.15, 0.2) is 0 Å². The highest BCUT2D eigenvalue weighted by molar-refractivity contribution is 5.81. The zero-order valence-corrected chi connectivity index (χ0v) is 7.36. The summed E-state index contributed by atoms with van der Waals surface area (Å²) in [5, 5.41) is 8.93. The van der Waals surface area contributed by atoms with Crippen molar-refractivity contribution in [2.24, 2.45) is 5.73 Å². The van der Waals surface area contributed by atoms with Crippen molar-refractivity contribution in [1.82, 2.24) is 4.90 Å². The first kappa shape index (κ1) is 9.48. The minimum Gasteiger partial charge on any atom is -0.394 e. The summed E-state index contributed by atoms with van der Waals surface area (Å²) in [6, 6.07) is -0.444. The molecule has 1 fully saturated rings. The van der Waals surface area contributed by atoms with E-state index in [1.54, 1.807) is 11.8 Å². The number of carbonyl (C=O) groups excluding carboxylic acids is 1. The standard InChI is InChI=1S/C8H16N2O2/c1-6(9)8(12)10-4-2-3-7(10)5-11/h6-7,11H,2-5,9H2,1H3/t6-,7-/m1/s1. The van der Waals surface area contributed by atoms with Gasteiger partial charge in [-0.25, -0.2) is 0 Å². The molecular weight excluding hydrogens is 156 g/mol. The zero-order chi connectivity index (χ0) is 9.14. The summed E-state index contributed by atoms with van der Waals surface area (Å²) >= 11 is 0. The van der Waals surface area contributed by atoms with E-state index in [4.69, 9.17) is 10.8 Å². The predicted molar refractivity (Wildman–Crippen MR) is 45.5 cm³/mol. The van der Waals surface area contributed by atoms with Crippen LogP contribution >= 0.6 is 0 Å². The Kier molecular flexibility index (Phi) is 3.05. The molecule has 0 spiro atoms. The van der Waals surface area contributed by atoms with Gasteiger partial charge in [0.1, 0.15) is 0 Å². The van der Waals surface area contributed by atoms with Gasteiger partial charge in [0.05, 0.1) is 18.7 Å². The van der Waals surface area contributed by atoms with E-state index in [0.717, 1.165) is 19.4 Å². The van der Waals surface area contributed by atoms with Crippen LogP contribution in [0.25, 0.3) is 0 Å². The van der Waals surface area contributed by atoms with Gasteiger partial charge in [-0.3, -0.25) is 4.79 Å². The second-order valence-electron chi connectivity index (χ2n) is 3.30. The fourth-order valence-electron chi connectivity index (χ4n) is 1.58. The molecule has 0 aromatic heterocycles. The van der Waals surface area contributed by atoms with Crippen molar-refractivity contribution in [2.45, 2.75) is 31.8 Å². The highest BCUT2D eigenvalue weighted by Crippen LogP contribution is 2.16. The molecule has 0 aromatic rings. The van der Waals surface area contributed by atoms with Crippen molar-refractivity contribution in [3.05, 3.63) is 0 Å². The molecule has 0 aliphatic carbocycles. The molecular formula is C8H16N2O2. The van der Waals surface area contributed by atoms with Crippen LogP contribution in [-0.2, 0) is 4.79 Å². The van der Waals surface area contributed by atoms with Crippen molar-refractivity contribution in [3.8, 4) is 0 Å². The number of hydrogen-bond acceptors (Lipinski definition) is 3. The third kappa shape index (κ3) is 1.76. The first-order valence-corrected chi connectivity index (χ1v) is 4.33. The van der Waals surface area contributed by atoms with Crippen LogP contribution in [0.15, 0.2) is 0 Å². The summed E-state index contributed by atoms with van der Waals surface area (Å²) < 4.78 is 0. The minimum atomic E-state index is -0.447. The number of amides is 1. The van der Waals surface area contributed by atoms with Gasteiger partial charge in [-0.15, -0.1) is 0 Å². The second kappa shape index (κ2) is 3.87. The number of aliphatic hydroxyl groups excluding tert-OH is 1. The van der Waals surface area contributed by atoms with Gasteiger partial charge in [0, 0.05) is 6.54 Å². The van der Waals surface area contributed by atoms with Crippen LogP contribution in [0.1, 0.15) is 19.8 Å². The number of rotatable bonds is 2. The Morgan fingerprint density at radius 1 is 1.83 bits per heavy atom. The molecule has 4 nitrogen and oxygen atoms in total. The van der Waals surface area contributed by atoms with Gasteiger partial charge < -0.3 is 15.7 Å². The quantitative estimate of drug-likeness (QED) is 0.580. The summed E-state index contributed by atoms with van der Waals surface area (Å²) in [6.45, 7) is 2.47. The molecule has 12 heavy (non-hydrogen) atoms. The number of aliphatic hydroxyl groups is 1. The van der Waals surface area contributed by atoms with E-state index < -0.39 is 6.04 Å². The average Bonchev–Trinajstić information content (AvgIpc) is 2.49. The van der Waals surface area contributed by atoms with Crippen molar-refractivity contribution in [1.29, 1.82) is 0 Å². The van der Waals surface area contributed by atoms with E-state index in [9.17, 15) is 4.79 Å². The third-order valence-corrected chi connectivity index (χ3v) is 2.26. The normalized spacial score (nSPS) is 25.9. The monoisotopic (exact) mass is 172 g/mol. The summed E-state index contributed by atoms with van der Waals surface area (Å²) in [5.41, 5.74) is 5.46. The molecule has 3 N–H and O–H groups in total. The first-order chi connectivity index (χ1) is 5.66. The fraction of sp³-hybridized carbons (Fsp3) is 0.875. The lowest BCUT2D eigenvalue weighted by Gasteiger charge is -2.24. The van der Waals surface area contributed by atoms with E-state index >= 15 is 0 Å². The van der Waals surface area contributed by atoms with Gasteiger partial charge in [-0.05, 0) is 19.8 Å². The van der Waals surface area contributed by atoms with Gasteiger partial charge >= 0.3 is 0 Å². The summed E-state index contributed by atoms with van der Waals surface area (Å²) in [4.78, 5) is 13.1. The minimum absolute atomic E-state index is 0.00324. The Morgan fingerprint density at radius 3 is 3.00 bits per heavy atom. The van der Waals surface area contributed by atoms with Gasteiger partial charge in [0.25, 0.3) is 0 Å². The molecule has 1 saturated heterocycles. The number of likely N-dealkylation sites (tertiary alicyclic amines) is 1. The van der Waals surface area contributed by atoms with E-state index in [-0.39, 0.29) is 18.6 Å². The zero-order valence-electron chi connectivity index (χ0n) is 7.36. The molecule has 4 heteroatoms. The number of carbonyl (C=O) groups is 1. The largest absolute Gasteiger partial charge is 0.394 e. The Morgan fingerprint density at radius 2 is 2.50 bits per heavy atom. The van der Waals surface area contributed by atoms with Gasteiger partial charge in [-0.2, -0.15) is 0 Å². The second-order valence-corrected chi connectivity index (χ2v) is 3.30. The van der Waals surface area contributed by atoms with Crippen molar-refractivity contribution < 1.29 is 9.90 Å². The Bertz CT molecular complexity index is 170. The van der Waals surface area contributed by atoms with Crippen LogP contribution in [-0.4, -0.2) is 41.1 Å². The van der Waals surface area contributed by atoms with Gasteiger partial charge in [0.2, 0.25) is 5.91 Å². The van der Waals surface area contributed by atoms with Crippen molar-refractivity contribution in [3.63, 3.8) is 0 Å². The molecule has 1 amide bonds. The summed E-state index contributed by atoms with van der Waals surface area (Å²) in [5.74, 6) is -0.0495. The molecule has 0 bridgehead atoms. The maximum atomic E-state index is 11.4. The SMILES string of the molecule is C[C@@H](N)C(=O)N1CCC[C@@H]1CO.